The van der Waals surface area contributed by atoms with E-state index in [2.05, 4.69) is 44.7 Å². The largest absolute Gasteiger partial charge is 0.371 e. The molecular formula is C20H24N2O2S2. The van der Waals surface area contributed by atoms with Gasteiger partial charge in [0, 0.05) is 18.8 Å². The number of thiocarbonyl (C=S) groups is 1. The first kappa shape index (κ1) is 18.0. The fourth-order valence-electron chi connectivity index (χ4n) is 4.16. The summed E-state index contributed by atoms with van der Waals surface area (Å²) >= 11 is 6.18. The molecule has 0 spiro atoms. The number of anilines is 1. The van der Waals surface area contributed by atoms with Crippen molar-refractivity contribution in [2.24, 2.45) is 0 Å². The molecule has 0 aliphatic carbocycles. The smallest absolute Gasteiger partial charge is 0.290 e. The molecule has 3 heterocycles. The van der Waals surface area contributed by atoms with Crippen LogP contribution in [0, 0.1) is 0 Å². The monoisotopic (exact) mass is 388 g/mol. The summed E-state index contributed by atoms with van der Waals surface area (Å²) in [6.07, 6.45) is 4.12. The highest BCUT2D eigenvalue weighted by Crippen LogP contribution is 2.49. The van der Waals surface area contributed by atoms with Gasteiger partial charge in [0.25, 0.3) is 5.91 Å². The van der Waals surface area contributed by atoms with E-state index in [1.54, 1.807) is 0 Å². The van der Waals surface area contributed by atoms with Crippen LogP contribution in [0.5, 0.6) is 0 Å². The molecule has 1 aromatic rings. The van der Waals surface area contributed by atoms with Gasteiger partial charge in [-0.05, 0) is 70.8 Å². The van der Waals surface area contributed by atoms with E-state index >= 15 is 0 Å². The summed E-state index contributed by atoms with van der Waals surface area (Å²) in [6.45, 7) is 11.4. The highest BCUT2D eigenvalue weighted by atomic mass is 32.2. The number of nitrogens with zero attached hydrogens (tertiary/aromatic N) is 2. The topological polar surface area (TPSA) is 43.8 Å². The molecule has 1 saturated heterocycles. The Balaban J connectivity index is 1.89. The average molecular weight is 389 g/mol. The zero-order chi connectivity index (χ0) is 18.9. The lowest BCUT2D eigenvalue weighted by molar-refractivity contribution is -0.142. The van der Waals surface area contributed by atoms with E-state index in [0.29, 0.717) is 9.97 Å². The third-order valence-corrected chi connectivity index (χ3v) is 7.27. The van der Waals surface area contributed by atoms with Gasteiger partial charge in [-0.1, -0.05) is 39.5 Å². The molecule has 1 aromatic carbocycles. The van der Waals surface area contributed by atoms with Gasteiger partial charge >= 0.3 is 0 Å². The molecule has 0 bridgehead atoms. The van der Waals surface area contributed by atoms with E-state index in [9.17, 15) is 10.0 Å². The first-order chi connectivity index (χ1) is 12.1. The van der Waals surface area contributed by atoms with E-state index < -0.39 is 5.91 Å². The van der Waals surface area contributed by atoms with Crippen molar-refractivity contribution in [1.82, 2.24) is 5.06 Å². The van der Waals surface area contributed by atoms with Gasteiger partial charge in [0.1, 0.15) is 0 Å². The Bertz CT molecular complexity index is 816. The molecule has 1 N–H and O–H groups in total. The van der Waals surface area contributed by atoms with Crippen LogP contribution in [0.2, 0.25) is 0 Å². The molecular weight excluding hydrogens is 364 g/mol. The number of thioether (sulfide) groups is 1. The molecule has 6 heteroatoms. The van der Waals surface area contributed by atoms with Crippen molar-refractivity contribution in [3.8, 4) is 0 Å². The van der Waals surface area contributed by atoms with Gasteiger partial charge in [-0.15, -0.1) is 0 Å². The lowest BCUT2D eigenvalue weighted by atomic mass is 9.69. The fourth-order valence-corrected chi connectivity index (χ4v) is 5.24. The molecule has 0 saturated carbocycles. The predicted molar refractivity (Wildman–Crippen MR) is 111 cm³/mol. The van der Waals surface area contributed by atoms with Crippen molar-refractivity contribution in [2.75, 3.05) is 18.0 Å². The minimum absolute atomic E-state index is 0.105. The van der Waals surface area contributed by atoms with E-state index in [1.807, 2.05) is 6.08 Å². The Morgan fingerprint density at radius 2 is 1.65 bits per heavy atom. The summed E-state index contributed by atoms with van der Waals surface area (Å²) in [5.74, 6) is -0.438. The molecule has 1 fully saturated rings. The van der Waals surface area contributed by atoms with Crippen molar-refractivity contribution in [1.29, 1.82) is 0 Å². The van der Waals surface area contributed by atoms with Gasteiger partial charge in [0.2, 0.25) is 0 Å². The first-order valence-electron chi connectivity index (χ1n) is 9.01. The molecule has 1 amide bonds. The Labute approximate surface area is 164 Å². The van der Waals surface area contributed by atoms with Crippen LogP contribution >= 0.6 is 24.0 Å². The number of carbonyl (C=O) groups excluding carboxylic acids is 1. The number of benzene rings is 1. The molecule has 3 aliphatic rings. The van der Waals surface area contributed by atoms with Crippen molar-refractivity contribution in [3.05, 3.63) is 33.7 Å². The van der Waals surface area contributed by atoms with Crippen LogP contribution < -0.4 is 4.90 Å². The van der Waals surface area contributed by atoms with Crippen molar-refractivity contribution < 1.29 is 10.0 Å². The molecule has 3 aliphatic heterocycles. The van der Waals surface area contributed by atoms with Crippen molar-refractivity contribution in [2.45, 2.75) is 51.4 Å². The van der Waals surface area contributed by atoms with Crippen LogP contribution in [0.1, 0.15) is 57.2 Å². The highest BCUT2D eigenvalue weighted by Gasteiger charge is 2.40. The van der Waals surface area contributed by atoms with Gasteiger partial charge < -0.3 is 4.90 Å². The summed E-state index contributed by atoms with van der Waals surface area (Å²) in [5, 5.41) is 10.3. The summed E-state index contributed by atoms with van der Waals surface area (Å²) in [7, 11) is 0. The number of hydrogen-bond acceptors (Lipinski definition) is 5. The van der Waals surface area contributed by atoms with E-state index in [1.165, 1.54) is 16.8 Å². The zero-order valence-electron chi connectivity index (χ0n) is 15.6. The van der Waals surface area contributed by atoms with Crippen LogP contribution in [0.3, 0.4) is 0 Å². The minimum Gasteiger partial charge on any atom is -0.371 e. The maximum atomic E-state index is 12.2. The molecule has 0 radical (unpaired) electrons. The fraction of sp³-hybridized carbons (Fsp3) is 0.500. The van der Waals surface area contributed by atoms with E-state index in [-0.39, 0.29) is 15.2 Å². The lowest BCUT2D eigenvalue weighted by Gasteiger charge is -2.48. The molecule has 26 heavy (non-hydrogen) atoms. The Morgan fingerprint density at radius 1 is 1.12 bits per heavy atom. The average Bonchev–Trinajstić information content (AvgIpc) is 2.80. The van der Waals surface area contributed by atoms with E-state index in [0.717, 1.165) is 43.3 Å². The minimum atomic E-state index is -0.438. The molecule has 0 unspecified atom stereocenters. The number of rotatable bonds is 1. The van der Waals surface area contributed by atoms with Crippen LogP contribution in [-0.2, 0) is 15.6 Å². The molecule has 138 valence electrons. The van der Waals surface area contributed by atoms with Crippen LogP contribution in [0.15, 0.2) is 17.0 Å². The van der Waals surface area contributed by atoms with Crippen LogP contribution in [0.4, 0.5) is 5.69 Å². The number of amides is 1. The van der Waals surface area contributed by atoms with Crippen molar-refractivity contribution >= 4 is 46.0 Å². The summed E-state index contributed by atoms with van der Waals surface area (Å²) in [5.41, 5.74) is 5.34. The maximum Gasteiger partial charge on any atom is 0.290 e. The second-order valence-electron chi connectivity index (χ2n) is 8.71. The normalized spacial score (nSPS) is 25.0. The lowest BCUT2D eigenvalue weighted by Crippen LogP contribution is -2.44. The van der Waals surface area contributed by atoms with Crippen molar-refractivity contribution in [3.63, 3.8) is 0 Å². The summed E-state index contributed by atoms with van der Waals surface area (Å²) in [4.78, 5) is 15.2. The Morgan fingerprint density at radius 3 is 2.12 bits per heavy atom. The Hall–Kier alpha value is -1.37. The third-order valence-electron chi connectivity index (χ3n) is 5.99. The molecule has 4 nitrogen and oxygen atoms in total. The van der Waals surface area contributed by atoms with Gasteiger partial charge in [0.05, 0.1) is 4.91 Å². The van der Waals surface area contributed by atoms with Gasteiger partial charge in [-0.2, -0.15) is 5.06 Å². The summed E-state index contributed by atoms with van der Waals surface area (Å²) in [6, 6.07) is 4.44. The Kier molecular flexibility index (Phi) is 4.03. The predicted octanol–water partition coefficient (Wildman–Crippen LogP) is 4.45. The quantitative estimate of drug-likeness (QED) is 0.437. The third kappa shape index (κ3) is 2.70. The molecule has 0 atom stereocenters. The highest BCUT2D eigenvalue weighted by molar-refractivity contribution is 8.26. The summed E-state index contributed by atoms with van der Waals surface area (Å²) < 4.78 is 0.187. The molecule has 4 rings (SSSR count). The maximum absolute atomic E-state index is 12.2. The zero-order valence-corrected chi connectivity index (χ0v) is 17.3. The van der Waals surface area contributed by atoms with E-state index in [4.69, 9.17) is 12.2 Å². The number of carbonyl (C=O) groups is 1. The van der Waals surface area contributed by atoms with Gasteiger partial charge in [-0.25, -0.2) is 0 Å². The second-order valence-corrected chi connectivity index (χ2v) is 10.4. The van der Waals surface area contributed by atoms with Crippen LogP contribution in [-0.4, -0.2) is 33.6 Å². The first-order valence-corrected chi connectivity index (χ1v) is 10.2. The standard InChI is InChI=1S/C20H24N2O2S2/c1-19(2)5-7-21-8-6-20(3,4)14-10-12(9-13(19)16(14)21)11-15-17(23)22(24)18(25)26-15/h9-11,24H,5-8H2,1-4H3/b15-11+. The van der Waals surface area contributed by atoms with Gasteiger partial charge in [-0.3, -0.25) is 10.0 Å². The van der Waals surface area contributed by atoms with Gasteiger partial charge in [0.15, 0.2) is 4.32 Å². The van der Waals surface area contributed by atoms with Crippen LogP contribution in [0.25, 0.3) is 6.08 Å². The molecule has 0 aromatic heterocycles. The number of hydrogen-bond donors (Lipinski definition) is 1. The second kappa shape index (κ2) is 5.81. The number of hydroxylamine groups is 2. The SMILES string of the molecule is CC1(C)CCN2CCC(C)(C)c3cc(/C=C4/SC(=S)N(O)C4=O)cc1c32.